The van der Waals surface area contributed by atoms with Gasteiger partial charge in [-0.25, -0.2) is 4.79 Å². The van der Waals surface area contributed by atoms with E-state index in [4.69, 9.17) is 4.74 Å². The smallest absolute Gasteiger partial charge is 0.329 e. The van der Waals surface area contributed by atoms with Gasteiger partial charge in [-0.2, -0.15) is 0 Å². The average Bonchev–Trinajstić information content (AvgIpc) is 3.02. The fourth-order valence-corrected chi connectivity index (χ4v) is 3.59. The number of nitrogens with zero attached hydrogens (tertiary/aromatic N) is 2. The molecule has 3 rings (SSSR count). The van der Waals surface area contributed by atoms with Gasteiger partial charge in [0.05, 0.1) is 17.5 Å². The van der Waals surface area contributed by atoms with Gasteiger partial charge >= 0.3 is 11.7 Å². The maximum Gasteiger partial charge on any atom is 0.329 e. The maximum absolute atomic E-state index is 12.6. The molecule has 0 aliphatic heterocycles. The van der Waals surface area contributed by atoms with Crippen LogP contribution in [-0.2, 0) is 33.8 Å². The fraction of sp³-hybridized carbons (Fsp3) is 0.348. The minimum atomic E-state index is -0.522. The van der Waals surface area contributed by atoms with Crippen molar-refractivity contribution in [2.45, 2.75) is 46.7 Å². The number of esters is 1. The molecule has 0 aliphatic carbocycles. The summed E-state index contributed by atoms with van der Waals surface area (Å²) in [6, 6.07) is 13.3. The molecular weight excluding hydrogens is 382 g/mol. The van der Waals surface area contributed by atoms with E-state index in [-0.39, 0.29) is 31.2 Å². The van der Waals surface area contributed by atoms with Crippen molar-refractivity contribution in [2.24, 2.45) is 0 Å². The number of hydrogen-bond acceptors (Lipinski definition) is 4. The van der Waals surface area contributed by atoms with Crippen LogP contribution in [0.2, 0.25) is 0 Å². The van der Waals surface area contributed by atoms with E-state index in [1.165, 1.54) is 0 Å². The molecule has 7 heteroatoms. The van der Waals surface area contributed by atoms with Crippen molar-refractivity contribution in [3.05, 3.63) is 64.1 Å². The van der Waals surface area contributed by atoms with Gasteiger partial charge < -0.3 is 10.1 Å². The van der Waals surface area contributed by atoms with Crippen molar-refractivity contribution >= 4 is 28.6 Å². The van der Waals surface area contributed by atoms with Crippen LogP contribution in [0, 0.1) is 6.92 Å². The van der Waals surface area contributed by atoms with Crippen molar-refractivity contribution in [3.8, 4) is 0 Å². The molecule has 0 spiro atoms. The van der Waals surface area contributed by atoms with Crippen molar-refractivity contribution in [2.75, 3.05) is 11.9 Å². The summed E-state index contributed by atoms with van der Waals surface area (Å²) in [7, 11) is 0. The first-order chi connectivity index (χ1) is 14.5. The highest BCUT2D eigenvalue weighted by Crippen LogP contribution is 2.21. The lowest BCUT2D eigenvalue weighted by atomic mass is 10.1. The standard InChI is InChI=1S/C23H27N3O4/c1-4-17-10-8-9-16(3)22(17)24-20(27)15-30-21(28)13-14-26-19-12-7-6-11-18(19)25(5-2)23(26)29/h6-12H,4-5,13-15H2,1-3H3,(H,24,27). The summed E-state index contributed by atoms with van der Waals surface area (Å²) in [5.74, 6) is -0.905. The number of aryl methyl sites for hydroxylation is 4. The minimum absolute atomic E-state index is 0.00941. The highest BCUT2D eigenvalue weighted by Gasteiger charge is 2.15. The van der Waals surface area contributed by atoms with E-state index in [1.54, 1.807) is 9.13 Å². The molecule has 1 aromatic heterocycles. The second-order valence-corrected chi connectivity index (χ2v) is 7.09. The van der Waals surface area contributed by atoms with Crippen LogP contribution in [0.25, 0.3) is 11.0 Å². The van der Waals surface area contributed by atoms with Crippen LogP contribution in [0.5, 0.6) is 0 Å². The third-order valence-corrected chi connectivity index (χ3v) is 5.15. The lowest BCUT2D eigenvalue weighted by Crippen LogP contribution is -2.26. The Morgan fingerprint density at radius 2 is 1.70 bits per heavy atom. The van der Waals surface area contributed by atoms with Gasteiger partial charge in [-0.15, -0.1) is 0 Å². The molecule has 0 fully saturated rings. The third kappa shape index (κ3) is 4.45. The molecule has 0 aliphatic rings. The molecule has 0 radical (unpaired) electrons. The van der Waals surface area contributed by atoms with E-state index in [0.29, 0.717) is 6.54 Å². The zero-order valence-corrected chi connectivity index (χ0v) is 17.6. The highest BCUT2D eigenvalue weighted by atomic mass is 16.5. The number of amides is 1. The number of ether oxygens (including phenoxy) is 1. The van der Waals surface area contributed by atoms with E-state index >= 15 is 0 Å². The molecule has 0 unspecified atom stereocenters. The van der Waals surface area contributed by atoms with Gasteiger partial charge in [-0.1, -0.05) is 37.3 Å². The highest BCUT2D eigenvalue weighted by molar-refractivity contribution is 5.94. The minimum Gasteiger partial charge on any atom is -0.456 e. The number of anilines is 1. The van der Waals surface area contributed by atoms with Gasteiger partial charge in [0.15, 0.2) is 6.61 Å². The summed E-state index contributed by atoms with van der Waals surface area (Å²) in [6.45, 7) is 6.23. The Hall–Kier alpha value is -3.35. The average molecular weight is 409 g/mol. The molecule has 2 aromatic carbocycles. The number of imidazole rings is 1. The molecule has 0 bridgehead atoms. The summed E-state index contributed by atoms with van der Waals surface area (Å²) in [5.41, 5.74) is 4.21. The fourth-order valence-electron chi connectivity index (χ4n) is 3.59. The summed E-state index contributed by atoms with van der Waals surface area (Å²) in [4.78, 5) is 37.0. The van der Waals surface area contributed by atoms with Crippen molar-refractivity contribution < 1.29 is 14.3 Å². The molecule has 0 saturated heterocycles. The summed E-state index contributed by atoms with van der Waals surface area (Å²) in [6.07, 6.45) is 0.798. The van der Waals surface area contributed by atoms with Crippen LogP contribution in [0.1, 0.15) is 31.4 Å². The lowest BCUT2D eigenvalue weighted by Gasteiger charge is -2.13. The first kappa shape index (κ1) is 21.4. The number of rotatable bonds is 8. The monoisotopic (exact) mass is 409 g/mol. The summed E-state index contributed by atoms with van der Waals surface area (Å²) >= 11 is 0. The van der Waals surface area contributed by atoms with Crippen molar-refractivity contribution in [1.82, 2.24) is 9.13 Å². The maximum atomic E-state index is 12.6. The normalized spacial score (nSPS) is 10.9. The van der Waals surface area contributed by atoms with Crippen LogP contribution in [0.15, 0.2) is 47.3 Å². The van der Waals surface area contributed by atoms with E-state index in [1.807, 2.05) is 63.2 Å². The number of nitrogens with one attached hydrogen (secondary N) is 1. The number of aromatic nitrogens is 2. The molecule has 158 valence electrons. The molecule has 0 saturated carbocycles. The zero-order valence-electron chi connectivity index (χ0n) is 17.6. The van der Waals surface area contributed by atoms with Crippen molar-refractivity contribution in [1.29, 1.82) is 0 Å². The van der Waals surface area contributed by atoms with Crippen LogP contribution in [-0.4, -0.2) is 27.6 Å². The zero-order chi connectivity index (χ0) is 21.7. The molecule has 30 heavy (non-hydrogen) atoms. The van der Waals surface area contributed by atoms with Gasteiger partial charge in [-0.3, -0.25) is 18.7 Å². The quantitative estimate of drug-likeness (QED) is 0.579. The first-order valence-electron chi connectivity index (χ1n) is 10.2. The van der Waals surface area contributed by atoms with Gasteiger partial charge in [0.2, 0.25) is 0 Å². The van der Waals surface area contributed by atoms with Crippen LogP contribution in [0.4, 0.5) is 5.69 Å². The molecule has 7 nitrogen and oxygen atoms in total. The molecule has 0 atom stereocenters. The van der Waals surface area contributed by atoms with Gasteiger partial charge in [0, 0.05) is 18.8 Å². The van der Waals surface area contributed by atoms with Crippen molar-refractivity contribution in [3.63, 3.8) is 0 Å². The third-order valence-electron chi connectivity index (χ3n) is 5.15. The molecule has 3 aromatic rings. The second kappa shape index (κ2) is 9.43. The number of fused-ring (bicyclic) bond motifs is 1. The summed E-state index contributed by atoms with van der Waals surface area (Å²) < 4.78 is 8.36. The first-order valence-corrected chi connectivity index (χ1v) is 10.2. The molecular formula is C23H27N3O4. The number of para-hydroxylation sites is 3. The SMILES string of the molecule is CCc1cccc(C)c1NC(=O)COC(=O)CCn1c(=O)n(CC)c2ccccc21. The largest absolute Gasteiger partial charge is 0.456 e. The predicted molar refractivity (Wildman–Crippen MR) is 117 cm³/mol. The molecule has 1 N–H and O–H groups in total. The van der Waals surface area contributed by atoms with E-state index in [9.17, 15) is 14.4 Å². The van der Waals surface area contributed by atoms with E-state index in [2.05, 4.69) is 5.32 Å². The summed E-state index contributed by atoms with van der Waals surface area (Å²) in [5, 5.41) is 2.83. The van der Waals surface area contributed by atoms with E-state index < -0.39 is 5.97 Å². The number of benzene rings is 2. The van der Waals surface area contributed by atoms with Gasteiger partial charge in [-0.05, 0) is 43.5 Å². The Kier molecular flexibility index (Phi) is 6.72. The van der Waals surface area contributed by atoms with Crippen LogP contribution in [0.3, 0.4) is 0 Å². The Balaban J connectivity index is 1.59. The molecule has 1 heterocycles. The number of carbonyl (C=O) groups is 2. The lowest BCUT2D eigenvalue weighted by molar-refractivity contribution is -0.147. The van der Waals surface area contributed by atoms with Crippen LogP contribution >= 0.6 is 0 Å². The predicted octanol–water partition coefficient (Wildman–Crippen LogP) is 3.27. The Labute approximate surface area is 175 Å². The number of carbonyl (C=O) groups excluding carboxylic acids is 2. The van der Waals surface area contributed by atoms with E-state index in [0.717, 1.165) is 34.3 Å². The Morgan fingerprint density at radius 3 is 2.37 bits per heavy atom. The topological polar surface area (TPSA) is 82.3 Å². The second-order valence-electron chi connectivity index (χ2n) is 7.09. The Bertz CT molecular complexity index is 1130. The van der Waals surface area contributed by atoms with Gasteiger partial charge in [0.25, 0.3) is 5.91 Å². The molecule has 1 amide bonds. The Morgan fingerprint density at radius 1 is 1.00 bits per heavy atom. The van der Waals surface area contributed by atoms with Crippen LogP contribution < -0.4 is 11.0 Å². The van der Waals surface area contributed by atoms with Gasteiger partial charge in [0.1, 0.15) is 0 Å². The number of hydrogen-bond donors (Lipinski definition) is 1.